The molecule has 2 aromatic carbocycles. The minimum absolute atomic E-state index is 0.204. The average Bonchev–Trinajstić information content (AvgIpc) is 3.31. The van der Waals surface area contributed by atoms with E-state index >= 15 is 0 Å². The number of imidazole rings is 1. The number of aromatic amines is 2. The van der Waals surface area contributed by atoms with Gasteiger partial charge in [0.2, 0.25) is 0 Å². The van der Waals surface area contributed by atoms with Gasteiger partial charge in [-0.1, -0.05) is 30.7 Å². The highest BCUT2D eigenvalue weighted by atomic mass is 35.5. The number of morpholine rings is 1. The van der Waals surface area contributed by atoms with Gasteiger partial charge in [0.1, 0.15) is 11.4 Å². The van der Waals surface area contributed by atoms with Gasteiger partial charge in [-0.3, -0.25) is 4.79 Å². The Morgan fingerprint density at radius 1 is 1.31 bits per heavy atom. The van der Waals surface area contributed by atoms with Crippen molar-refractivity contribution in [3.05, 3.63) is 75.2 Å². The van der Waals surface area contributed by atoms with Gasteiger partial charge >= 0.3 is 0 Å². The maximum absolute atomic E-state index is 12.9. The molecule has 2 atom stereocenters. The standard InChI is InChI=1S/C27H30ClN5O3/c1-3-20-15-33(9-10-36-20)19-11-16(2)25-22(13-19)31-26(32-25)24-21(7-8-29-27(24)35)30-14-23(34)17-5-4-6-18(28)12-17/h4-8,11-13,20,23,34H,3,9-10,14-15H2,1-2H3,(H,31,32)(H2,29,30,35)/t20?,23-/m1/s1. The monoisotopic (exact) mass is 507 g/mol. The predicted octanol–water partition coefficient (Wildman–Crippen LogP) is 4.64. The van der Waals surface area contributed by atoms with Crippen LogP contribution in [0, 0.1) is 6.92 Å². The predicted molar refractivity (Wildman–Crippen MR) is 144 cm³/mol. The third kappa shape index (κ3) is 4.97. The summed E-state index contributed by atoms with van der Waals surface area (Å²) in [6, 6.07) is 13.1. The van der Waals surface area contributed by atoms with Crippen LogP contribution in [-0.2, 0) is 4.74 Å². The average molecular weight is 508 g/mol. The number of pyridine rings is 1. The van der Waals surface area contributed by atoms with Crippen LogP contribution in [0.5, 0.6) is 0 Å². The van der Waals surface area contributed by atoms with Gasteiger partial charge in [0.05, 0.1) is 35.5 Å². The minimum atomic E-state index is -0.795. The molecule has 0 spiro atoms. The number of aliphatic hydroxyl groups excluding tert-OH is 1. The van der Waals surface area contributed by atoms with Gasteiger partial charge in [0.25, 0.3) is 5.56 Å². The topological polar surface area (TPSA) is 106 Å². The number of aryl methyl sites for hydroxylation is 1. The molecule has 1 aliphatic rings. The van der Waals surface area contributed by atoms with E-state index in [-0.39, 0.29) is 18.2 Å². The Labute approximate surface area is 214 Å². The summed E-state index contributed by atoms with van der Waals surface area (Å²) in [4.78, 5) is 26.1. The second-order valence-electron chi connectivity index (χ2n) is 9.14. The number of rotatable bonds is 7. The molecule has 3 heterocycles. The molecule has 1 saturated heterocycles. The largest absolute Gasteiger partial charge is 0.387 e. The first-order valence-corrected chi connectivity index (χ1v) is 12.6. The number of hydrogen-bond acceptors (Lipinski definition) is 6. The van der Waals surface area contributed by atoms with E-state index in [0.29, 0.717) is 34.3 Å². The highest BCUT2D eigenvalue weighted by molar-refractivity contribution is 6.30. The van der Waals surface area contributed by atoms with E-state index in [4.69, 9.17) is 21.3 Å². The SMILES string of the molecule is CCC1CN(c2cc(C)c3nc(-c4c(NC[C@@H](O)c5cccc(Cl)c5)cc[nH]c4=O)[nH]c3c2)CCO1. The van der Waals surface area contributed by atoms with E-state index in [2.05, 4.69) is 39.2 Å². The molecule has 1 unspecified atom stereocenters. The highest BCUT2D eigenvalue weighted by Gasteiger charge is 2.21. The lowest BCUT2D eigenvalue weighted by atomic mass is 10.1. The van der Waals surface area contributed by atoms with Crippen molar-refractivity contribution in [2.24, 2.45) is 0 Å². The van der Waals surface area contributed by atoms with Crippen LogP contribution in [0.3, 0.4) is 0 Å². The van der Waals surface area contributed by atoms with Gasteiger partial charge in [-0.05, 0) is 54.8 Å². The van der Waals surface area contributed by atoms with Crippen molar-refractivity contribution in [3.63, 3.8) is 0 Å². The van der Waals surface area contributed by atoms with E-state index in [0.717, 1.165) is 41.8 Å². The summed E-state index contributed by atoms with van der Waals surface area (Å²) in [7, 11) is 0. The molecule has 0 bridgehead atoms. The van der Waals surface area contributed by atoms with Crippen LogP contribution < -0.4 is 15.8 Å². The lowest BCUT2D eigenvalue weighted by Crippen LogP contribution is -2.42. The van der Waals surface area contributed by atoms with Crippen molar-refractivity contribution < 1.29 is 9.84 Å². The molecular weight excluding hydrogens is 478 g/mol. The molecule has 1 fully saturated rings. The number of nitrogens with one attached hydrogen (secondary N) is 3. The number of H-pyrrole nitrogens is 2. The Bertz CT molecular complexity index is 1430. The first kappa shape index (κ1) is 24.4. The van der Waals surface area contributed by atoms with Gasteiger partial charge in [0, 0.05) is 36.5 Å². The van der Waals surface area contributed by atoms with Crippen LogP contribution in [0.25, 0.3) is 22.4 Å². The maximum Gasteiger partial charge on any atom is 0.261 e. The number of ether oxygens (including phenoxy) is 1. The lowest BCUT2D eigenvalue weighted by Gasteiger charge is -2.34. The van der Waals surface area contributed by atoms with Gasteiger partial charge in [-0.2, -0.15) is 0 Å². The van der Waals surface area contributed by atoms with Crippen LogP contribution in [0.15, 0.2) is 53.5 Å². The van der Waals surface area contributed by atoms with E-state index < -0.39 is 6.10 Å². The molecule has 0 saturated carbocycles. The van der Waals surface area contributed by atoms with Crippen molar-refractivity contribution in [1.29, 1.82) is 0 Å². The van der Waals surface area contributed by atoms with Crippen molar-refractivity contribution >= 4 is 34.0 Å². The Hall–Kier alpha value is -3.33. The van der Waals surface area contributed by atoms with E-state index in [1.807, 2.05) is 13.0 Å². The van der Waals surface area contributed by atoms with Crippen LogP contribution in [-0.4, -0.2) is 52.4 Å². The van der Waals surface area contributed by atoms with E-state index in [1.165, 1.54) is 0 Å². The number of aliphatic hydroxyl groups is 1. The van der Waals surface area contributed by atoms with Gasteiger partial charge < -0.3 is 30.0 Å². The summed E-state index contributed by atoms with van der Waals surface area (Å²) in [6.45, 7) is 6.77. The smallest absolute Gasteiger partial charge is 0.261 e. The van der Waals surface area contributed by atoms with Crippen LogP contribution >= 0.6 is 11.6 Å². The number of halogens is 1. The van der Waals surface area contributed by atoms with Gasteiger partial charge in [0.15, 0.2) is 0 Å². The molecule has 5 rings (SSSR count). The number of hydrogen-bond donors (Lipinski definition) is 4. The van der Waals surface area contributed by atoms with Crippen molar-refractivity contribution in [1.82, 2.24) is 15.0 Å². The summed E-state index contributed by atoms with van der Waals surface area (Å²) in [5.74, 6) is 0.472. The Morgan fingerprint density at radius 2 is 2.17 bits per heavy atom. The third-order valence-electron chi connectivity index (χ3n) is 6.64. The summed E-state index contributed by atoms with van der Waals surface area (Å²) in [5, 5.41) is 14.4. The molecule has 2 aromatic heterocycles. The molecule has 36 heavy (non-hydrogen) atoms. The third-order valence-corrected chi connectivity index (χ3v) is 6.87. The second-order valence-corrected chi connectivity index (χ2v) is 9.57. The summed E-state index contributed by atoms with van der Waals surface area (Å²) in [6.07, 6.45) is 1.99. The van der Waals surface area contributed by atoms with Gasteiger partial charge in [-0.15, -0.1) is 0 Å². The zero-order chi connectivity index (χ0) is 25.2. The highest BCUT2D eigenvalue weighted by Crippen LogP contribution is 2.30. The number of anilines is 2. The van der Waals surface area contributed by atoms with Crippen molar-refractivity contribution in [2.75, 3.05) is 36.5 Å². The summed E-state index contributed by atoms with van der Waals surface area (Å²) >= 11 is 6.06. The fraction of sp³-hybridized carbons (Fsp3) is 0.333. The van der Waals surface area contributed by atoms with E-state index in [9.17, 15) is 9.90 Å². The normalized spacial score (nSPS) is 16.9. The van der Waals surface area contributed by atoms with E-state index in [1.54, 1.807) is 30.5 Å². The molecule has 0 amide bonds. The molecule has 0 radical (unpaired) electrons. The van der Waals surface area contributed by atoms with Crippen molar-refractivity contribution in [2.45, 2.75) is 32.5 Å². The quantitative estimate of drug-likeness (QED) is 0.290. The van der Waals surface area contributed by atoms with Crippen LogP contribution in [0.2, 0.25) is 5.02 Å². The number of benzene rings is 2. The summed E-state index contributed by atoms with van der Waals surface area (Å²) in [5.41, 5.74) is 5.23. The van der Waals surface area contributed by atoms with Crippen LogP contribution in [0.4, 0.5) is 11.4 Å². The molecule has 4 aromatic rings. The first-order valence-electron chi connectivity index (χ1n) is 12.2. The Balaban J connectivity index is 1.44. The fourth-order valence-corrected chi connectivity index (χ4v) is 4.87. The zero-order valence-electron chi connectivity index (χ0n) is 20.3. The molecule has 188 valence electrons. The maximum atomic E-state index is 12.9. The zero-order valence-corrected chi connectivity index (χ0v) is 21.1. The molecule has 9 heteroatoms. The molecule has 8 nitrogen and oxygen atoms in total. The Morgan fingerprint density at radius 3 is 2.97 bits per heavy atom. The number of nitrogens with zero attached hydrogens (tertiary/aromatic N) is 2. The van der Waals surface area contributed by atoms with Crippen LogP contribution in [0.1, 0.15) is 30.6 Å². The fourth-order valence-electron chi connectivity index (χ4n) is 4.67. The molecule has 4 N–H and O–H groups in total. The summed E-state index contributed by atoms with van der Waals surface area (Å²) < 4.78 is 5.83. The molecule has 1 aliphatic heterocycles. The Kier molecular flexibility index (Phi) is 7.00. The molecular formula is C27H30ClN5O3. The lowest BCUT2D eigenvalue weighted by molar-refractivity contribution is 0.0384. The minimum Gasteiger partial charge on any atom is -0.387 e. The number of aromatic nitrogens is 3. The first-order chi connectivity index (χ1) is 17.4. The molecule has 0 aliphatic carbocycles. The second kappa shape index (κ2) is 10.3. The number of fused-ring (bicyclic) bond motifs is 1. The van der Waals surface area contributed by atoms with Crippen molar-refractivity contribution in [3.8, 4) is 11.4 Å². The van der Waals surface area contributed by atoms with Gasteiger partial charge in [-0.25, -0.2) is 4.98 Å².